The third kappa shape index (κ3) is 4.44. The van der Waals surface area contributed by atoms with Crippen LogP contribution in [-0.4, -0.2) is 69.5 Å². The molecule has 2 saturated heterocycles. The van der Waals surface area contributed by atoms with E-state index in [4.69, 9.17) is 16.3 Å². The molecule has 0 saturated carbocycles. The molecule has 1 aromatic carbocycles. The second kappa shape index (κ2) is 9.81. The zero-order valence-electron chi connectivity index (χ0n) is 19.7. The number of aromatic nitrogens is 3. The van der Waals surface area contributed by atoms with Crippen molar-refractivity contribution in [1.82, 2.24) is 29.9 Å². The van der Waals surface area contributed by atoms with Gasteiger partial charge in [-0.1, -0.05) is 11.6 Å². The molecule has 36 heavy (non-hydrogen) atoms. The summed E-state index contributed by atoms with van der Waals surface area (Å²) in [5.74, 6) is 1.09. The highest BCUT2D eigenvalue weighted by Gasteiger charge is 2.34. The Morgan fingerprint density at radius 2 is 1.92 bits per heavy atom. The van der Waals surface area contributed by atoms with Gasteiger partial charge in [0.25, 0.3) is 6.43 Å². The molecule has 5 heterocycles. The quantitative estimate of drug-likeness (QED) is 0.654. The molecule has 4 aliphatic rings. The van der Waals surface area contributed by atoms with Crippen molar-refractivity contribution in [3.8, 4) is 5.69 Å². The Bertz CT molecular complexity index is 1190. The molecular formula is C25H28ClF3N6O. The number of ether oxygens (including phenoxy) is 1. The Balaban J connectivity index is 1.23. The smallest absolute Gasteiger partial charge is 0.280 e. The van der Waals surface area contributed by atoms with Crippen LogP contribution in [0.2, 0.25) is 5.02 Å². The normalized spacial score (nSPS) is 25.7. The maximum Gasteiger partial charge on any atom is 0.280 e. The highest BCUT2D eigenvalue weighted by Crippen LogP contribution is 2.35. The van der Waals surface area contributed by atoms with E-state index in [1.807, 2.05) is 18.2 Å². The maximum atomic E-state index is 13.7. The molecule has 2 atom stereocenters. The molecule has 0 aliphatic carbocycles. The lowest BCUT2D eigenvalue weighted by molar-refractivity contribution is 0.129. The molecule has 1 aromatic heterocycles. The lowest BCUT2D eigenvalue weighted by Gasteiger charge is -2.38. The first kappa shape index (κ1) is 24.0. The fraction of sp³-hybridized carbons (Fsp3) is 0.520. The second-order valence-corrected chi connectivity index (χ2v) is 10.3. The summed E-state index contributed by atoms with van der Waals surface area (Å²) in [4.78, 5) is 4.47. The molecule has 1 unspecified atom stereocenters. The number of hydrogen-bond donors (Lipinski definition) is 1. The summed E-state index contributed by atoms with van der Waals surface area (Å²) < 4.78 is 47.9. The number of allylic oxidation sites excluding steroid dienone is 3. The van der Waals surface area contributed by atoms with Crippen LogP contribution in [0.1, 0.15) is 42.4 Å². The summed E-state index contributed by atoms with van der Waals surface area (Å²) in [5.41, 5.74) is 1.55. The van der Waals surface area contributed by atoms with Gasteiger partial charge in [0, 0.05) is 43.2 Å². The Morgan fingerprint density at radius 3 is 2.67 bits per heavy atom. The van der Waals surface area contributed by atoms with Gasteiger partial charge >= 0.3 is 0 Å². The molecule has 6 rings (SSSR count). The van der Waals surface area contributed by atoms with Crippen molar-refractivity contribution < 1.29 is 17.9 Å². The van der Waals surface area contributed by atoms with Crippen molar-refractivity contribution in [2.45, 2.75) is 56.9 Å². The van der Waals surface area contributed by atoms with Gasteiger partial charge in [0.2, 0.25) is 0 Å². The van der Waals surface area contributed by atoms with Crippen molar-refractivity contribution in [3.63, 3.8) is 0 Å². The Morgan fingerprint density at radius 1 is 1.08 bits per heavy atom. The first-order valence-electron chi connectivity index (χ1n) is 12.4. The van der Waals surface area contributed by atoms with Crippen molar-refractivity contribution in [2.75, 3.05) is 26.3 Å². The standard InChI is InChI=1S/C25H28ClF3N6O/c26-17-1-3-20-16(11-17)12-34(18-7-10-36-14-18)13-22-31-32-25(35(20)22)15-5-8-33(9-6-15)21-4-2-19(27)23(30-21)24(28)29/h1-4,11,15,18,21,24,30H,5-10,12-14H2/t18-,21?/m0/s1. The molecular weight excluding hydrogens is 493 g/mol. The van der Waals surface area contributed by atoms with Crippen molar-refractivity contribution >= 4 is 11.6 Å². The third-order valence-corrected chi connectivity index (χ3v) is 7.90. The van der Waals surface area contributed by atoms with E-state index in [-0.39, 0.29) is 5.92 Å². The van der Waals surface area contributed by atoms with Gasteiger partial charge in [-0.25, -0.2) is 13.2 Å². The van der Waals surface area contributed by atoms with E-state index >= 15 is 0 Å². The zero-order valence-corrected chi connectivity index (χ0v) is 20.5. The highest BCUT2D eigenvalue weighted by atomic mass is 35.5. The number of piperidine rings is 1. The maximum absolute atomic E-state index is 13.7. The molecule has 0 amide bonds. The number of benzene rings is 1. The lowest BCUT2D eigenvalue weighted by Crippen LogP contribution is -2.49. The van der Waals surface area contributed by atoms with Gasteiger partial charge in [-0.3, -0.25) is 14.4 Å². The summed E-state index contributed by atoms with van der Waals surface area (Å²) in [6, 6.07) is 6.30. The van der Waals surface area contributed by atoms with Crippen LogP contribution in [0, 0.1) is 0 Å². The van der Waals surface area contributed by atoms with Crippen LogP contribution < -0.4 is 5.32 Å². The van der Waals surface area contributed by atoms with Gasteiger partial charge in [-0.2, -0.15) is 0 Å². The van der Waals surface area contributed by atoms with Gasteiger partial charge < -0.3 is 10.1 Å². The fourth-order valence-corrected chi connectivity index (χ4v) is 5.94. The molecule has 192 valence electrons. The molecule has 0 bridgehead atoms. The van der Waals surface area contributed by atoms with Crippen molar-refractivity contribution in [3.05, 3.63) is 64.1 Å². The van der Waals surface area contributed by atoms with E-state index in [2.05, 4.69) is 29.9 Å². The van der Waals surface area contributed by atoms with Crippen LogP contribution >= 0.6 is 11.6 Å². The van der Waals surface area contributed by atoms with Crippen LogP contribution in [-0.2, 0) is 17.8 Å². The van der Waals surface area contributed by atoms with Crippen LogP contribution in [0.4, 0.5) is 13.2 Å². The van der Waals surface area contributed by atoms with Crippen LogP contribution in [0.15, 0.2) is 41.9 Å². The molecule has 11 heteroatoms. The molecule has 4 aliphatic heterocycles. The average molecular weight is 521 g/mol. The summed E-state index contributed by atoms with van der Waals surface area (Å²) in [6.45, 7) is 4.27. The number of hydrogen-bond acceptors (Lipinski definition) is 6. The molecule has 1 N–H and O–H groups in total. The average Bonchev–Trinajstić information content (AvgIpc) is 3.52. The molecule has 2 fully saturated rings. The van der Waals surface area contributed by atoms with Gasteiger partial charge in [0.15, 0.2) is 5.82 Å². The van der Waals surface area contributed by atoms with Crippen molar-refractivity contribution in [2.24, 2.45) is 0 Å². The summed E-state index contributed by atoms with van der Waals surface area (Å²) >= 11 is 6.38. The van der Waals surface area contributed by atoms with E-state index in [0.29, 0.717) is 37.3 Å². The van der Waals surface area contributed by atoms with Gasteiger partial charge in [0.1, 0.15) is 17.3 Å². The van der Waals surface area contributed by atoms with E-state index in [1.165, 1.54) is 0 Å². The van der Waals surface area contributed by atoms with E-state index in [9.17, 15) is 13.2 Å². The van der Waals surface area contributed by atoms with Gasteiger partial charge in [0.05, 0.1) is 25.0 Å². The fourth-order valence-electron chi connectivity index (χ4n) is 5.74. The van der Waals surface area contributed by atoms with Crippen molar-refractivity contribution in [1.29, 1.82) is 0 Å². The van der Waals surface area contributed by atoms with Gasteiger partial charge in [-0.15, -0.1) is 10.2 Å². The van der Waals surface area contributed by atoms with E-state index in [0.717, 1.165) is 61.4 Å². The molecule has 7 nitrogen and oxygen atoms in total. The van der Waals surface area contributed by atoms with Crippen LogP contribution in [0.5, 0.6) is 0 Å². The van der Waals surface area contributed by atoms with E-state index in [1.54, 1.807) is 6.08 Å². The number of dihydropyridines is 1. The summed E-state index contributed by atoms with van der Waals surface area (Å²) in [5, 5.41) is 12.6. The Labute approximate surface area is 212 Å². The van der Waals surface area contributed by atoms with Crippen LogP contribution in [0.3, 0.4) is 0 Å². The third-order valence-electron chi connectivity index (χ3n) is 7.67. The largest absolute Gasteiger partial charge is 0.380 e. The number of nitrogens with zero attached hydrogens (tertiary/aromatic N) is 5. The van der Waals surface area contributed by atoms with Gasteiger partial charge in [-0.05, 0) is 55.2 Å². The molecule has 0 spiro atoms. The molecule has 2 aromatic rings. The van der Waals surface area contributed by atoms with Crippen LogP contribution in [0.25, 0.3) is 5.69 Å². The number of rotatable bonds is 4. The number of likely N-dealkylation sites (tertiary alicyclic amines) is 1. The first-order chi connectivity index (χ1) is 17.5. The minimum Gasteiger partial charge on any atom is -0.380 e. The topological polar surface area (TPSA) is 58.5 Å². The Hall–Kier alpha value is -2.40. The number of halogens is 4. The Kier molecular flexibility index (Phi) is 6.53. The monoisotopic (exact) mass is 520 g/mol. The second-order valence-electron chi connectivity index (χ2n) is 9.83. The number of fused-ring (bicyclic) bond motifs is 3. The first-order valence-corrected chi connectivity index (χ1v) is 12.8. The predicted molar refractivity (Wildman–Crippen MR) is 129 cm³/mol. The summed E-state index contributed by atoms with van der Waals surface area (Å²) in [6.07, 6.45) is 2.00. The van der Waals surface area contributed by atoms with E-state index < -0.39 is 24.1 Å². The predicted octanol–water partition coefficient (Wildman–Crippen LogP) is 4.14. The SMILES string of the molecule is FC1=C(C(F)F)NC(N2CCC(c3nnc4n3-c3ccc(Cl)cc3CN([C@H]3CCOC3)C4)CC2)C=C1. The highest BCUT2D eigenvalue weighted by molar-refractivity contribution is 6.30. The zero-order chi connectivity index (χ0) is 24.8. The number of nitrogens with one attached hydrogen (secondary N) is 1. The minimum absolute atomic E-state index is 0.168. The lowest BCUT2D eigenvalue weighted by atomic mass is 9.95. The number of alkyl halides is 2. The molecule has 0 radical (unpaired) electrons. The summed E-state index contributed by atoms with van der Waals surface area (Å²) in [7, 11) is 0. The minimum atomic E-state index is -2.87.